The van der Waals surface area contributed by atoms with Gasteiger partial charge in [-0.05, 0) is 52.7 Å². The maximum Gasteiger partial charge on any atom is 0.169 e. The number of nitrogen functional groups attached to an aromatic ring is 1. The van der Waals surface area contributed by atoms with Gasteiger partial charge in [0.25, 0.3) is 0 Å². The van der Waals surface area contributed by atoms with E-state index in [4.69, 9.17) is 10.2 Å². The molecule has 0 spiro atoms. The summed E-state index contributed by atoms with van der Waals surface area (Å²) >= 11 is 3.26. The molecule has 0 bridgehead atoms. The number of aromatic nitrogens is 3. The van der Waals surface area contributed by atoms with E-state index in [1.54, 1.807) is 23.1 Å². The Balaban J connectivity index is 2.06. The van der Waals surface area contributed by atoms with Crippen LogP contribution in [0.15, 0.2) is 45.7 Å². The summed E-state index contributed by atoms with van der Waals surface area (Å²) in [5, 5.41) is 4.42. The van der Waals surface area contributed by atoms with Gasteiger partial charge < -0.3 is 10.2 Å². The van der Waals surface area contributed by atoms with Crippen LogP contribution in [0.2, 0.25) is 0 Å². The van der Waals surface area contributed by atoms with Gasteiger partial charge >= 0.3 is 0 Å². The Bertz CT molecular complexity index is 732. The SMILES string of the molecule is Cc1ccnc(-n2cc(N)c(-c3ccc(Br)o3)n2)c1. The zero-order valence-corrected chi connectivity index (χ0v) is 11.8. The van der Waals surface area contributed by atoms with Crippen LogP contribution in [0.1, 0.15) is 5.56 Å². The molecule has 0 atom stereocenters. The zero-order chi connectivity index (χ0) is 13.4. The second-order valence-electron chi connectivity index (χ2n) is 4.17. The highest BCUT2D eigenvalue weighted by atomic mass is 79.9. The maximum atomic E-state index is 5.97. The number of hydrogen-bond donors (Lipinski definition) is 1. The van der Waals surface area contributed by atoms with Crippen LogP contribution < -0.4 is 5.73 Å². The van der Waals surface area contributed by atoms with Crippen LogP contribution >= 0.6 is 15.9 Å². The highest BCUT2D eigenvalue weighted by molar-refractivity contribution is 9.10. The monoisotopic (exact) mass is 318 g/mol. The molecule has 0 saturated heterocycles. The van der Waals surface area contributed by atoms with Gasteiger partial charge in [-0.3, -0.25) is 0 Å². The van der Waals surface area contributed by atoms with Crippen molar-refractivity contribution in [1.82, 2.24) is 14.8 Å². The van der Waals surface area contributed by atoms with Crippen molar-refractivity contribution >= 4 is 21.6 Å². The molecule has 0 radical (unpaired) electrons. The molecule has 19 heavy (non-hydrogen) atoms. The predicted molar refractivity (Wildman–Crippen MR) is 75.9 cm³/mol. The molecule has 3 aromatic rings. The van der Waals surface area contributed by atoms with Crippen molar-refractivity contribution in [3.8, 4) is 17.3 Å². The summed E-state index contributed by atoms with van der Waals surface area (Å²) in [6.07, 6.45) is 3.47. The Kier molecular flexibility index (Phi) is 2.87. The van der Waals surface area contributed by atoms with Crippen LogP contribution in [0, 0.1) is 6.92 Å². The predicted octanol–water partition coefficient (Wildman–Crippen LogP) is 3.18. The second kappa shape index (κ2) is 4.55. The number of nitrogens with zero attached hydrogens (tertiary/aromatic N) is 3. The number of pyridine rings is 1. The number of nitrogens with two attached hydrogens (primary N) is 1. The van der Waals surface area contributed by atoms with Crippen LogP contribution in [0.4, 0.5) is 5.69 Å². The first-order chi connectivity index (χ1) is 9.13. The third kappa shape index (κ3) is 2.26. The molecule has 3 heterocycles. The molecule has 0 aromatic carbocycles. The fraction of sp³-hybridized carbons (Fsp3) is 0.0769. The summed E-state index contributed by atoms with van der Waals surface area (Å²) in [5.41, 5.74) is 8.24. The average Bonchev–Trinajstić information content (AvgIpc) is 2.95. The van der Waals surface area contributed by atoms with E-state index in [1.165, 1.54) is 0 Å². The summed E-state index contributed by atoms with van der Waals surface area (Å²) in [6, 6.07) is 7.49. The zero-order valence-electron chi connectivity index (χ0n) is 10.2. The van der Waals surface area contributed by atoms with Gasteiger partial charge in [-0.25, -0.2) is 9.67 Å². The van der Waals surface area contributed by atoms with E-state index in [0.717, 1.165) is 11.4 Å². The minimum atomic E-state index is 0.546. The minimum Gasteiger partial charge on any atom is -0.448 e. The molecule has 0 aliphatic heterocycles. The lowest BCUT2D eigenvalue weighted by Gasteiger charge is -2.00. The van der Waals surface area contributed by atoms with E-state index < -0.39 is 0 Å². The molecule has 96 valence electrons. The Hall–Kier alpha value is -2.08. The summed E-state index contributed by atoms with van der Waals surface area (Å²) in [4.78, 5) is 4.27. The first-order valence-corrected chi connectivity index (χ1v) is 6.46. The molecule has 3 aromatic heterocycles. The number of halogens is 1. The van der Waals surface area contributed by atoms with Crippen molar-refractivity contribution in [1.29, 1.82) is 0 Å². The average molecular weight is 319 g/mol. The molecule has 0 fully saturated rings. The van der Waals surface area contributed by atoms with Crippen molar-refractivity contribution in [2.75, 3.05) is 5.73 Å². The normalized spacial score (nSPS) is 10.8. The fourth-order valence-corrected chi connectivity index (χ4v) is 2.09. The van der Waals surface area contributed by atoms with Crippen molar-refractivity contribution in [2.24, 2.45) is 0 Å². The van der Waals surface area contributed by atoms with Gasteiger partial charge in [-0.15, -0.1) is 0 Å². The molecule has 0 aliphatic rings. The highest BCUT2D eigenvalue weighted by Gasteiger charge is 2.13. The Labute approximate surface area is 118 Å². The number of furan rings is 1. The van der Waals surface area contributed by atoms with Crippen LogP contribution in [-0.4, -0.2) is 14.8 Å². The highest BCUT2D eigenvalue weighted by Crippen LogP contribution is 2.28. The van der Waals surface area contributed by atoms with Gasteiger partial charge in [0.2, 0.25) is 0 Å². The molecule has 0 aliphatic carbocycles. The van der Waals surface area contributed by atoms with Gasteiger partial charge in [0.1, 0.15) is 0 Å². The molecular formula is C13H11BrN4O. The standard InChI is InChI=1S/C13H11BrN4O/c1-8-4-5-16-12(6-8)18-7-9(15)13(17-18)10-2-3-11(14)19-10/h2-7H,15H2,1H3. The molecule has 0 unspecified atom stereocenters. The van der Waals surface area contributed by atoms with Crippen LogP contribution in [0.25, 0.3) is 17.3 Å². The van der Waals surface area contributed by atoms with E-state index in [1.807, 2.05) is 25.1 Å². The summed E-state index contributed by atoms with van der Waals surface area (Å²) in [6.45, 7) is 2.00. The maximum absolute atomic E-state index is 5.97. The van der Waals surface area contributed by atoms with Crippen LogP contribution in [-0.2, 0) is 0 Å². The van der Waals surface area contributed by atoms with Gasteiger partial charge in [0, 0.05) is 6.20 Å². The lowest BCUT2D eigenvalue weighted by molar-refractivity contribution is 0.553. The van der Waals surface area contributed by atoms with Gasteiger partial charge in [0.15, 0.2) is 21.9 Å². The van der Waals surface area contributed by atoms with E-state index in [2.05, 4.69) is 26.0 Å². The number of rotatable bonds is 2. The van der Waals surface area contributed by atoms with Crippen LogP contribution in [0.5, 0.6) is 0 Å². The first-order valence-electron chi connectivity index (χ1n) is 5.67. The number of aryl methyl sites for hydroxylation is 1. The largest absolute Gasteiger partial charge is 0.448 e. The molecule has 0 amide bonds. The first kappa shape index (κ1) is 12.0. The van der Waals surface area contributed by atoms with Gasteiger partial charge in [0.05, 0.1) is 11.9 Å². The molecule has 6 heteroatoms. The molecule has 3 rings (SSSR count). The van der Waals surface area contributed by atoms with Gasteiger partial charge in [-0.2, -0.15) is 5.10 Å². The van der Waals surface area contributed by atoms with E-state index in [-0.39, 0.29) is 0 Å². The summed E-state index contributed by atoms with van der Waals surface area (Å²) in [7, 11) is 0. The Morgan fingerprint density at radius 3 is 2.84 bits per heavy atom. The minimum absolute atomic E-state index is 0.546. The molecule has 5 nitrogen and oxygen atoms in total. The fourth-order valence-electron chi connectivity index (χ4n) is 1.78. The van der Waals surface area contributed by atoms with E-state index >= 15 is 0 Å². The molecular weight excluding hydrogens is 308 g/mol. The lowest BCUT2D eigenvalue weighted by Crippen LogP contribution is -1.98. The third-order valence-electron chi connectivity index (χ3n) is 2.68. The van der Waals surface area contributed by atoms with Crippen LogP contribution in [0.3, 0.4) is 0 Å². The topological polar surface area (TPSA) is 69.9 Å². The van der Waals surface area contributed by atoms with Gasteiger partial charge in [-0.1, -0.05) is 0 Å². The van der Waals surface area contributed by atoms with Crippen molar-refractivity contribution in [3.05, 3.63) is 46.9 Å². The van der Waals surface area contributed by atoms with E-state index in [9.17, 15) is 0 Å². The second-order valence-corrected chi connectivity index (χ2v) is 4.95. The lowest BCUT2D eigenvalue weighted by atomic mass is 10.3. The number of anilines is 1. The van der Waals surface area contributed by atoms with E-state index in [0.29, 0.717) is 21.8 Å². The number of hydrogen-bond acceptors (Lipinski definition) is 4. The molecule has 0 saturated carbocycles. The smallest absolute Gasteiger partial charge is 0.169 e. The quantitative estimate of drug-likeness (QED) is 0.787. The van der Waals surface area contributed by atoms with Crippen molar-refractivity contribution < 1.29 is 4.42 Å². The van der Waals surface area contributed by atoms with Crippen molar-refractivity contribution in [3.63, 3.8) is 0 Å². The summed E-state index contributed by atoms with van der Waals surface area (Å²) < 4.78 is 7.75. The van der Waals surface area contributed by atoms with Crippen molar-refractivity contribution in [2.45, 2.75) is 6.92 Å². The Morgan fingerprint density at radius 1 is 1.32 bits per heavy atom. The third-order valence-corrected chi connectivity index (χ3v) is 3.11. The summed E-state index contributed by atoms with van der Waals surface area (Å²) in [5.74, 6) is 1.35. The Morgan fingerprint density at radius 2 is 2.16 bits per heavy atom. The molecule has 2 N–H and O–H groups in total.